The summed E-state index contributed by atoms with van der Waals surface area (Å²) in [6.45, 7) is 4.84. The van der Waals surface area contributed by atoms with E-state index in [4.69, 9.17) is 5.11 Å². The summed E-state index contributed by atoms with van der Waals surface area (Å²) in [5.74, 6) is 0. The lowest BCUT2D eigenvalue weighted by Crippen LogP contribution is -2.28. The van der Waals surface area contributed by atoms with E-state index in [0.717, 1.165) is 13.0 Å². The van der Waals surface area contributed by atoms with Crippen LogP contribution >= 0.6 is 0 Å². The molecule has 0 heterocycles. The normalized spacial score (nSPS) is 14.6. The summed E-state index contributed by atoms with van der Waals surface area (Å²) in [4.78, 5) is 1.90. The summed E-state index contributed by atoms with van der Waals surface area (Å²) in [6, 6.07) is 0. The van der Waals surface area contributed by atoms with Gasteiger partial charge in [-0.25, -0.2) is 0 Å². The average Bonchev–Trinajstić information content (AvgIpc) is 1.67. The van der Waals surface area contributed by atoms with Crippen molar-refractivity contribution < 1.29 is 5.11 Å². The first kappa shape index (κ1) is 7.92. The molecule has 0 fully saturated rings. The van der Waals surface area contributed by atoms with Crippen LogP contribution in [0.4, 0.5) is 0 Å². The Labute approximate surface area is 51.1 Å². The quantitative estimate of drug-likeness (QED) is 0.549. The molecule has 0 rings (SSSR count). The Bertz CT molecular complexity index is 54.5. The van der Waals surface area contributed by atoms with Gasteiger partial charge in [0.25, 0.3) is 0 Å². The minimum atomic E-state index is -0.296. The Morgan fingerprint density at radius 3 is 2.25 bits per heavy atom. The van der Waals surface area contributed by atoms with Crippen molar-refractivity contribution in [3.05, 3.63) is 0 Å². The van der Waals surface area contributed by atoms with Crippen LogP contribution in [0, 0.1) is 0 Å². The second kappa shape index (κ2) is 3.87. The van der Waals surface area contributed by atoms with Crippen molar-refractivity contribution in [3.8, 4) is 0 Å². The molecule has 50 valence electrons. The maximum atomic E-state index is 8.88. The molecule has 8 heavy (non-hydrogen) atoms. The molecule has 0 aromatic heterocycles. The van der Waals surface area contributed by atoms with Gasteiger partial charge in [0, 0.05) is 0 Å². The molecule has 1 atom stereocenters. The Morgan fingerprint density at radius 2 is 2.12 bits per heavy atom. The molecule has 0 amide bonds. The van der Waals surface area contributed by atoms with E-state index in [2.05, 4.69) is 6.92 Å². The van der Waals surface area contributed by atoms with Crippen molar-refractivity contribution in [2.75, 3.05) is 13.6 Å². The van der Waals surface area contributed by atoms with Gasteiger partial charge < -0.3 is 5.11 Å². The monoisotopic (exact) mass is 117 g/mol. The summed E-state index contributed by atoms with van der Waals surface area (Å²) in [5, 5.41) is 8.88. The SMILES string of the molecule is CCCN(C)C(C)O. The molecule has 1 N–H and O–H groups in total. The fourth-order valence-corrected chi connectivity index (χ4v) is 0.540. The lowest BCUT2D eigenvalue weighted by Gasteiger charge is -2.17. The first-order chi connectivity index (χ1) is 3.68. The maximum Gasteiger partial charge on any atom is 0.104 e. The first-order valence-corrected chi connectivity index (χ1v) is 3.06. The van der Waals surface area contributed by atoms with E-state index in [9.17, 15) is 0 Å². The van der Waals surface area contributed by atoms with Crippen LogP contribution in [0.2, 0.25) is 0 Å². The van der Waals surface area contributed by atoms with Gasteiger partial charge in [0.2, 0.25) is 0 Å². The predicted octanol–water partition coefficient (Wildman–Crippen LogP) is 0.667. The lowest BCUT2D eigenvalue weighted by molar-refractivity contribution is 0.0386. The minimum absolute atomic E-state index is 0.296. The van der Waals surface area contributed by atoms with E-state index < -0.39 is 0 Å². The molecule has 0 aliphatic carbocycles. The molecule has 0 aliphatic heterocycles. The minimum Gasteiger partial charge on any atom is -0.379 e. The standard InChI is InChI=1S/C6H15NO/c1-4-5-7(3)6(2)8/h6,8H,4-5H2,1-3H3. The number of aliphatic hydroxyl groups excluding tert-OH is 1. The highest BCUT2D eigenvalue weighted by molar-refractivity contribution is 4.47. The summed E-state index contributed by atoms with van der Waals surface area (Å²) in [5.41, 5.74) is 0. The van der Waals surface area contributed by atoms with Gasteiger partial charge in [-0.05, 0) is 26.9 Å². The van der Waals surface area contributed by atoms with Gasteiger partial charge in [0.05, 0.1) is 0 Å². The van der Waals surface area contributed by atoms with Gasteiger partial charge >= 0.3 is 0 Å². The van der Waals surface area contributed by atoms with Crippen LogP contribution in [-0.4, -0.2) is 29.8 Å². The highest BCUT2D eigenvalue weighted by atomic mass is 16.3. The van der Waals surface area contributed by atoms with Gasteiger partial charge in [-0.1, -0.05) is 6.92 Å². The van der Waals surface area contributed by atoms with Crippen molar-refractivity contribution in [2.45, 2.75) is 26.5 Å². The number of rotatable bonds is 3. The van der Waals surface area contributed by atoms with Crippen LogP contribution in [0.1, 0.15) is 20.3 Å². The summed E-state index contributed by atoms with van der Waals surface area (Å²) < 4.78 is 0. The van der Waals surface area contributed by atoms with E-state index in [1.54, 1.807) is 6.92 Å². The number of nitrogens with zero attached hydrogens (tertiary/aromatic N) is 1. The van der Waals surface area contributed by atoms with E-state index in [1.807, 2.05) is 11.9 Å². The smallest absolute Gasteiger partial charge is 0.104 e. The van der Waals surface area contributed by atoms with Crippen LogP contribution < -0.4 is 0 Å². The van der Waals surface area contributed by atoms with Gasteiger partial charge in [-0.15, -0.1) is 0 Å². The largest absolute Gasteiger partial charge is 0.379 e. The Kier molecular flexibility index (Phi) is 3.83. The topological polar surface area (TPSA) is 23.5 Å². The maximum absolute atomic E-state index is 8.88. The number of hydrogen-bond donors (Lipinski definition) is 1. The van der Waals surface area contributed by atoms with Crippen LogP contribution in [0.15, 0.2) is 0 Å². The van der Waals surface area contributed by atoms with E-state index in [1.165, 1.54) is 0 Å². The lowest BCUT2D eigenvalue weighted by atomic mass is 10.4. The second-order valence-electron chi connectivity index (χ2n) is 2.11. The number of hydrogen-bond acceptors (Lipinski definition) is 2. The van der Waals surface area contributed by atoms with Crippen molar-refractivity contribution >= 4 is 0 Å². The molecule has 0 saturated carbocycles. The third-order valence-corrected chi connectivity index (χ3v) is 1.21. The fraction of sp³-hybridized carbons (Fsp3) is 1.00. The molecule has 0 bridgehead atoms. The zero-order valence-electron chi connectivity index (χ0n) is 5.89. The summed E-state index contributed by atoms with van der Waals surface area (Å²) in [7, 11) is 1.91. The van der Waals surface area contributed by atoms with Gasteiger partial charge in [-0.3, -0.25) is 4.90 Å². The molecule has 0 spiro atoms. The van der Waals surface area contributed by atoms with Gasteiger partial charge in [0.15, 0.2) is 0 Å². The molecule has 0 radical (unpaired) electrons. The third-order valence-electron chi connectivity index (χ3n) is 1.21. The van der Waals surface area contributed by atoms with Crippen molar-refractivity contribution in [3.63, 3.8) is 0 Å². The zero-order chi connectivity index (χ0) is 6.57. The van der Waals surface area contributed by atoms with E-state index >= 15 is 0 Å². The van der Waals surface area contributed by atoms with Gasteiger partial charge in [-0.2, -0.15) is 0 Å². The molecule has 2 heteroatoms. The molecular formula is C6H15NO. The van der Waals surface area contributed by atoms with Crippen molar-refractivity contribution in [2.24, 2.45) is 0 Å². The Morgan fingerprint density at radius 1 is 1.62 bits per heavy atom. The summed E-state index contributed by atoms with van der Waals surface area (Å²) >= 11 is 0. The van der Waals surface area contributed by atoms with Crippen LogP contribution in [0.5, 0.6) is 0 Å². The average molecular weight is 117 g/mol. The van der Waals surface area contributed by atoms with Crippen LogP contribution in [0.3, 0.4) is 0 Å². The Balaban J connectivity index is 3.17. The fourth-order valence-electron chi connectivity index (χ4n) is 0.540. The Hall–Kier alpha value is -0.0800. The molecule has 0 aliphatic rings. The molecule has 0 aromatic carbocycles. The zero-order valence-corrected chi connectivity index (χ0v) is 5.89. The van der Waals surface area contributed by atoms with E-state index in [-0.39, 0.29) is 6.23 Å². The molecular weight excluding hydrogens is 102 g/mol. The highest BCUT2D eigenvalue weighted by Crippen LogP contribution is 1.90. The van der Waals surface area contributed by atoms with Crippen LogP contribution in [0.25, 0.3) is 0 Å². The predicted molar refractivity (Wildman–Crippen MR) is 34.6 cm³/mol. The van der Waals surface area contributed by atoms with E-state index in [0.29, 0.717) is 0 Å². The molecule has 1 unspecified atom stereocenters. The van der Waals surface area contributed by atoms with Crippen molar-refractivity contribution in [1.29, 1.82) is 0 Å². The van der Waals surface area contributed by atoms with Crippen molar-refractivity contribution in [1.82, 2.24) is 4.90 Å². The molecule has 0 saturated heterocycles. The molecule has 0 aromatic rings. The van der Waals surface area contributed by atoms with Gasteiger partial charge in [0.1, 0.15) is 6.23 Å². The summed E-state index contributed by atoms with van der Waals surface area (Å²) in [6.07, 6.45) is 0.802. The molecule has 2 nitrogen and oxygen atoms in total. The number of aliphatic hydroxyl groups is 1. The van der Waals surface area contributed by atoms with Crippen LogP contribution in [-0.2, 0) is 0 Å². The highest BCUT2D eigenvalue weighted by Gasteiger charge is 2.00. The first-order valence-electron chi connectivity index (χ1n) is 3.06. The third kappa shape index (κ3) is 2.99. The second-order valence-corrected chi connectivity index (χ2v) is 2.11.